The molecule has 3 nitrogen and oxygen atoms in total. The van der Waals surface area contributed by atoms with Gasteiger partial charge < -0.3 is 0 Å². The summed E-state index contributed by atoms with van der Waals surface area (Å²) in [7, 11) is 0. The minimum Gasteiger partial charge on any atom is -0.258 e. The summed E-state index contributed by atoms with van der Waals surface area (Å²) in [5.74, 6) is 0.876. The van der Waals surface area contributed by atoms with Gasteiger partial charge in [-0.2, -0.15) is 0 Å². The molecule has 0 fully saturated rings. The molecule has 1 unspecified atom stereocenters. The van der Waals surface area contributed by atoms with Crippen molar-refractivity contribution < 1.29 is 4.92 Å². The van der Waals surface area contributed by atoms with Gasteiger partial charge >= 0.3 is 0 Å². The number of non-ortho nitro benzene ring substituents is 1. The van der Waals surface area contributed by atoms with Crippen LogP contribution in [-0.4, -0.2) is 4.92 Å². The fourth-order valence-corrected chi connectivity index (χ4v) is 3.47. The second-order valence-corrected chi connectivity index (χ2v) is 7.16. The molecule has 0 spiro atoms. The molecule has 0 aliphatic heterocycles. The van der Waals surface area contributed by atoms with Gasteiger partial charge in [0, 0.05) is 12.1 Å². The van der Waals surface area contributed by atoms with Crippen molar-refractivity contribution in [1.82, 2.24) is 0 Å². The Hall–Kier alpha value is -2.16. The van der Waals surface area contributed by atoms with Gasteiger partial charge in [-0.05, 0) is 47.6 Å². The summed E-state index contributed by atoms with van der Waals surface area (Å²) in [6.07, 6.45) is 10.4. The second-order valence-electron chi connectivity index (χ2n) is 7.16. The first-order chi connectivity index (χ1) is 12.6. The predicted molar refractivity (Wildman–Crippen MR) is 109 cm³/mol. The highest BCUT2D eigenvalue weighted by molar-refractivity contribution is 5.65. The molecule has 0 bridgehead atoms. The highest BCUT2D eigenvalue weighted by Gasteiger charge is 2.07. The normalized spacial score (nSPS) is 12.1. The molecule has 3 heteroatoms. The van der Waals surface area contributed by atoms with Crippen molar-refractivity contribution in [2.45, 2.75) is 65.2 Å². The van der Waals surface area contributed by atoms with Crippen molar-refractivity contribution in [3.63, 3.8) is 0 Å². The zero-order valence-corrected chi connectivity index (χ0v) is 16.1. The van der Waals surface area contributed by atoms with Gasteiger partial charge in [0.1, 0.15) is 0 Å². The first kappa shape index (κ1) is 20.2. The first-order valence-corrected chi connectivity index (χ1v) is 9.97. The lowest BCUT2D eigenvalue weighted by atomic mass is 9.92. The monoisotopic (exact) mass is 353 g/mol. The smallest absolute Gasteiger partial charge is 0.258 e. The third-order valence-electron chi connectivity index (χ3n) is 5.24. The molecule has 0 aromatic heterocycles. The number of hydrogen-bond donors (Lipinski definition) is 0. The van der Waals surface area contributed by atoms with Crippen LogP contribution < -0.4 is 0 Å². The average molecular weight is 354 g/mol. The number of nitro benzene ring substituents is 1. The predicted octanol–water partition coefficient (Wildman–Crippen LogP) is 7.19. The molecule has 2 rings (SSSR count). The van der Waals surface area contributed by atoms with Crippen LogP contribution in [0.25, 0.3) is 11.1 Å². The third-order valence-corrected chi connectivity index (χ3v) is 5.24. The van der Waals surface area contributed by atoms with Gasteiger partial charge in [-0.1, -0.05) is 76.6 Å². The summed E-state index contributed by atoms with van der Waals surface area (Å²) in [4.78, 5) is 10.4. The zero-order chi connectivity index (χ0) is 18.8. The minimum atomic E-state index is -0.362. The maximum Gasteiger partial charge on any atom is 0.269 e. The summed E-state index contributed by atoms with van der Waals surface area (Å²) >= 11 is 0. The summed E-state index contributed by atoms with van der Waals surface area (Å²) in [5.41, 5.74) is 3.63. The maximum absolute atomic E-state index is 10.7. The molecule has 0 aliphatic carbocycles. The van der Waals surface area contributed by atoms with Crippen LogP contribution in [0, 0.1) is 16.0 Å². The molecule has 2 aromatic carbocycles. The van der Waals surface area contributed by atoms with Gasteiger partial charge in [0.2, 0.25) is 0 Å². The molecule has 1 atom stereocenters. The van der Waals surface area contributed by atoms with E-state index in [1.54, 1.807) is 12.1 Å². The van der Waals surface area contributed by atoms with Gasteiger partial charge in [0.05, 0.1) is 4.92 Å². The van der Waals surface area contributed by atoms with Gasteiger partial charge in [0.15, 0.2) is 0 Å². The van der Waals surface area contributed by atoms with Crippen molar-refractivity contribution in [1.29, 1.82) is 0 Å². The molecule has 0 saturated heterocycles. The average Bonchev–Trinajstić information content (AvgIpc) is 2.67. The molecule has 0 aliphatic rings. The van der Waals surface area contributed by atoms with Crippen LogP contribution in [0.1, 0.15) is 64.4 Å². The lowest BCUT2D eigenvalue weighted by Gasteiger charge is -2.14. The molecule has 2 aromatic rings. The molecule has 26 heavy (non-hydrogen) atoms. The van der Waals surface area contributed by atoms with Crippen LogP contribution in [0.4, 0.5) is 5.69 Å². The van der Waals surface area contributed by atoms with E-state index in [0.29, 0.717) is 0 Å². The molecular weight excluding hydrogens is 322 g/mol. The van der Waals surface area contributed by atoms with Crippen molar-refractivity contribution in [3.05, 3.63) is 64.2 Å². The SMILES string of the molecule is CCCCCC(CC)CCCc1ccc(-c2ccc([N+](=O)[O-])cc2)cc1. The second kappa shape index (κ2) is 10.7. The summed E-state index contributed by atoms with van der Waals surface area (Å²) in [6, 6.07) is 15.4. The molecular formula is C23H31NO2. The Morgan fingerprint density at radius 2 is 1.42 bits per heavy atom. The lowest BCUT2D eigenvalue weighted by Crippen LogP contribution is -2.00. The molecule has 0 heterocycles. The van der Waals surface area contributed by atoms with Crippen LogP contribution in [-0.2, 0) is 6.42 Å². The van der Waals surface area contributed by atoms with E-state index in [1.165, 1.54) is 50.5 Å². The van der Waals surface area contributed by atoms with E-state index in [-0.39, 0.29) is 10.6 Å². The quantitative estimate of drug-likeness (QED) is 0.244. The van der Waals surface area contributed by atoms with Crippen LogP contribution in [0.15, 0.2) is 48.5 Å². The number of rotatable bonds is 11. The van der Waals surface area contributed by atoms with E-state index in [4.69, 9.17) is 0 Å². The zero-order valence-electron chi connectivity index (χ0n) is 16.1. The number of unbranched alkanes of at least 4 members (excludes halogenated alkanes) is 2. The highest BCUT2D eigenvalue weighted by Crippen LogP contribution is 2.24. The van der Waals surface area contributed by atoms with E-state index < -0.39 is 0 Å². The maximum atomic E-state index is 10.7. The standard InChI is InChI=1S/C23H31NO2/c1-3-5-6-8-19(4-2)9-7-10-20-11-13-21(14-12-20)22-15-17-23(18-16-22)24(25)26/h11-19H,3-10H2,1-2H3. The van der Waals surface area contributed by atoms with Gasteiger partial charge in [0.25, 0.3) is 5.69 Å². The summed E-state index contributed by atoms with van der Waals surface area (Å²) in [6.45, 7) is 4.58. The Kier molecular flexibility index (Phi) is 8.33. The van der Waals surface area contributed by atoms with Crippen molar-refractivity contribution in [3.8, 4) is 11.1 Å². The van der Waals surface area contributed by atoms with Crippen molar-refractivity contribution >= 4 is 5.69 Å². The molecule has 0 N–H and O–H groups in total. The minimum absolute atomic E-state index is 0.134. The highest BCUT2D eigenvalue weighted by atomic mass is 16.6. The Labute approximate surface area is 157 Å². The van der Waals surface area contributed by atoms with Crippen molar-refractivity contribution in [2.75, 3.05) is 0 Å². The van der Waals surface area contributed by atoms with E-state index in [1.807, 2.05) is 12.1 Å². The largest absolute Gasteiger partial charge is 0.269 e. The van der Waals surface area contributed by atoms with Gasteiger partial charge in [-0.25, -0.2) is 0 Å². The fourth-order valence-electron chi connectivity index (χ4n) is 3.47. The lowest BCUT2D eigenvalue weighted by molar-refractivity contribution is -0.384. The summed E-state index contributed by atoms with van der Waals surface area (Å²) in [5, 5.41) is 10.7. The Morgan fingerprint density at radius 1 is 0.846 bits per heavy atom. The van der Waals surface area contributed by atoms with E-state index >= 15 is 0 Å². The van der Waals surface area contributed by atoms with Gasteiger partial charge in [-0.15, -0.1) is 0 Å². The number of nitro groups is 1. The fraction of sp³-hybridized carbons (Fsp3) is 0.478. The Bertz CT molecular complexity index is 662. The molecule has 0 saturated carbocycles. The van der Waals surface area contributed by atoms with Crippen LogP contribution >= 0.6 is 0 Å². The van der Waals surface area contributed by atoms with E-state index in [0.717, 1.165) is 23.5 Å². The number of benzene rings is 2. The number of aryl methyl sites for hydroxylation is 1. The Morgan fingerprint density at radius 3 is 1.96 bits per heavy atom. The summed E-state index contributed by atoms with van der Waals surface area (Å²) < 4.78 is 0. The number of nitrogens with zero attached hydrogens (tertiary/aromatic N) is 1. The van der Waals surface area contributed by atoms with Crippen LogP contribution in [0.3, 0.4) is 0 Å². The van der Waals surface area contributed by atoms with Crippen molar-refractivity contribution in [2.24, 2.45) is 5.92 Å². The van der Waals surface area contributed by atoms with E-state index in [2.05, 4.69) is 38.1 Å². The molecule has 140 valence electrons. The topological polar surface area (TPSA) is 43.1 Å². The molecule has 0 amide bonds. The first-order valence-electron chi connectivity index (χ1n) is 9.97. The number of hydrogen-bond acceptors (Lipinski definition) is 2. The van der Waals surface area contributed by atoms with Gasteiger partial charge in [-0.3, -0.25) is 10.1 Å². The van der Waals surface area contributed by atoms with Crippen LogP contribution in [0.5, 0.6) is 0 Å². The third kappa shape index (κ3) is 6.29. The van der Waals surface area contributed by atoms with Crippen LogP contribution in [0.2, 0.25) is 0 Å². The Balaban J connectivity index is 1.84. The molecule has 0 radical (unpaired) electrons. The van der Waals surface area contributed by atoms with E-state index in [9.17, 15) is 10.1 Å².